The molecule has 0 radical (unpaired) electrons. The molecule has 1 aliphatic rings. The van der Waals surface area contributed by atoms with E-state index in [0.29, 0.717) is 12.1 Å². The number of amides is 1. The van der Waals surface area contributed by atoms with Gasteiger partial charge in [-0.1, -0.05) is 42.5 Å². The molecule has 160 valence electrons. The molecule has 1 unspecified atom stereocenters. The molecule has 0 saturated carbocycles. The highest BCUT2D eigenvalue weighted by Crippen LogP contribution is 2.29. The minimum Gasteiger partial charge on any atom is -0.466 e. The van der Waals surface area contributed by atoms with Crippen LogP contribution in [0.25, 0.3) is 5.69 Å². The molecular weight excluding hydrogens is 397 g/mol. The van der Waals surface area contributed by atoms with Crippen LogP contribution >= 0.6 is 0 Å². The predicted molar refractivity (Wildman–Crippen MR) is 113 cm³/mol. The lowest BCUT2D eigenvalue weighted by Gasteiger charge is -2.18. The first-order valence-electron chi connectivity index (χ1n) is 10.5. The third kappa shape index (κ3) is 4.35. The van der Waals surface area contributed by atoms with E-state index in [0.717, 1.165) is 29.7 Å². The zero-order chi connectivity index (χ0) is 21.8. The molecule has 7 heteroatoms. The van der Waals surface area contributed by atoms with E-state index in [9.17, 15) is 14.0 Å². The molecule has 0 spiro atoms. The average molecular weight is 421 g/mol. The van der Waals surface area contributed by atoms with Crippen LogP contribution in [-0.4, -0.2) is 28.3 Å². The lowest BCUT2D eigenvalue weighted by Crippen LogP contribution is -2.31. The second kappa shape index (κ2) is 9.12. The Labute approximate surface area is 180 Å². The number of fused-ring (bicyclic) bond motifs is 1. The molecule has 31 heavy (non-hydrogen) atoms. The van der Waals surface area contributed by atoms with E-state index < -0.39 is 17.8 Å². The Balaban J connectivity index is 1.65. The van der Waals surface area contributed by atoms with Crippen LogP contribution in [-0.2, 0) is 22.4 Å². The molecule has 1 atom stereocenters. The van der Waals surface area contributed by atoms with Crippen molar-refractivity contribution in [2.75, 3.05) is 6.61 Å². The van der Waals surface area contributed by atoms with Crippen LogP contribution in [0.15, 0.2) is 54.6 Å². The fraction of sp³-hybridized carbons (Fsp3) is 0.292. The Morgan fingerprint density at radius 3 is 2.61 bits per heavy atom. The van der Waals surface area contributed by atoms with Crippen LogP contribution in [0, 0.1) is 5.82 Å². The third-order valence-electron chi connectivity index (χ3n) is 5.41. The summed E-state index contributed by atoms with van der Waals surface area (Å²) in [5.74, 6) is -1.17. The van der Waals surface area contributed by atoms with Gasteiger partial charge in [-0.3, -0.25) is 9.59 Å². The summed E-state index contributed by atoms with van der Waals surface area (Å²) in [5.41, 5.74) is 3.10. The van der Waals surface area contributed by atoms with Gasteiger partial charge in [-0.25, -0.2) is 9.07 Å². The maximum atomic E-state index is 14.4. The van der Waals surface area contributed by atoms with Crippen molar-refractivity contribution >= 4 is 11.9 Å². The van der Waals surface area contributed by atoms with Crippen LogP contribution < -0.4 is 5.32 Å². The zero-order valence-electron chi connectivity index (χ0n) is 17.3. The molecule has 0 saturated heterocycles. The van der Waals surface area contributed by atoms with Gasteiger partial charge in [-0.05, 0) is 43.9 Å². The first-order chi connectivity index (χ1) is 15.1. The quantitative estimate of drug-likeness (QED) is 0.587. The number of carbonyl (C=O) groups is 2. The van der Waals surface area contributed by atoms with Gasteiger partial charge in [0.25, 0.3) is 5.91 Å². The summed E-state index contributed by atoms with van der Waals surface area (Å²) in [6, 6.07) is 15.1. The fourth-order valence-corrected chi connectivity index (χ4v) is 3.99. The molecule has 1 amide bonds. The SMILES string of the molecule is CCOC(=O)CC(NC(=O)c1nn(-c2ccccc2F)c2c1CCC2)c1ccccc1. The van der Waals surface area contributed by atoms with E-state index in [1.165, 1.54) is 10.7 Å². The number of nitrogens with one attached hydrogen (secondary N) is 1. The number of para-hydroxylation sites is 1. The molecular formula is C24H24FN3O3. The Kier molecular flexibility index (Phi) is 6.11. The molecule has 1 aliphatic carbocycles. The van der Waals surface area contributed by atoms with Crippen molar-refractivity contribution in [3.63, 3.8) is 0 Å². The first kappa shape index (κ1) is 20.8. The number of hydrogen-bond donors (Lipinski definition) is 1. The van der Waals surface area contributed by atoms with Crippen LogP contribution in [0.4, 0.5) is 4.39 Å². The maximum Gasteiger partial charge on any atom is 0.308 e. The minimum absolute atomic E-state index is 0.0137. The number of hydrogen-bond acceptors (Lipinski definition) is 4. The van der Waals surface area contributed by atoms with Crippen LogP contribution in [0.2, 0.25) is 0 Å². The summed E-state index contributed by atoms with van der Waals surface area (Å²) in [6.45, 7) is 2.02. The van der Waals surface area contributed by atoms with Gasteiger partial charge in [0.1, 0.15) is 11.5 Å². The van der Waals surface area contributed by atoms with Crippen molar-refractivity contribution in [2.45, 2.75) is 38.6 Å². The highest BCUT2D eigenvalue weighted by molar-refractivity contribution is 5.95. The fourth-order valence-electron chi connectivity index (χ4n) is 3.99. The van der Waals surface area contributed by atoms with E-state index >= 15 is 0 Å². The molecule has 0 fully saturated rings. The summed E-state index contributed by atoms with van der Waals surface area (Å²) in [6.07, 6.45) is 2.34. The molecule has 1 heterocycles. The largest absolute Gasteiger partial charge is 0.466 e. The van der Waals surface area contributed by atoms with E-state index in [1.54, 1.807) is 25.1 Å². The Morgan fingerprint density at radius 2 is 1.87 bits per heavy atom. The number of nitrogens with zero attached hydrogens (tertiary/aromatic N) is 2. The van der Waals surface area contributed by atoms with Crippen LogP contribution in [0.3, 0.4) is 0 Å². The average Bonchev–Trinajstić information content (AvgIpc) is 3.37. The standard InChI is InChI=1S/C24H24FN3O3/c1-2-31-22(29)15-19(16-9-4-3-5-10-16)26-24(30)23-17-11-8-14-20(17)28(27-23)21-13-7-6-12-18(21)25/h3-7,9-10,12-13,19H,2,8,11,14-15H2,1H3,(H,26,30). The molecule has 4 rings (SSSR count). The van der Waals surface area contributed by atoms with Crippen molar-refractivity contribution in [2.24, 2.45) is 0 Å². The zero-order valence-corrected chi connectivity index (χ0v) is 17.3. The van der Waals surface area contributed by atoms with Gasteiger partial charge in [0.2, 0.25) is 0 Å². The summed E-state index contributed by atoms with van der Waals surface area (Å²) in [4.78, 5) is 25.3. The van der Waals surface area contributed by atoms with Crippen molar-refractivity contribution in [3.05, 3.63) is 82.9 Å². The molecule has 1 N–H and O–H groups in total. The van der Waals surface area contributed by atoms with Gasteiger partial charge in [0.15, 0.2) is 5.69 Å². The monoisotopic (exact) mass is 421 g/mol. The maximum absolute atomic E-state index is 14.4. The van der Waals surface area contributed by atoms with Gasteiger partial charge in [0.05, 0.1) is 19.1 Å². The number of rotatable bonds is 7. The van der Waals surface area contributed by atoms with Crippen molar-refractivity contribution in [3.8, 4) is 5.69 Å². The van der Waals surface area contributed by atoms with Crippen LogP contribution in [0.1, 0.15) is 53.1 Å². The Morgan fingerprint density at radius 1 is 1.13 bits per heavy atom. The number of halogens is 1. The topological polar surface area (TPSA) is 73.2 Å². The van der Waals surface area contributed by atoms with Crippen molar-refractivity contribution in [1.82, 2.24) is 15.1 Å². The summed E-state index contributed by atoms with van der Waals surface area (Å²) in [5, 5.41) is 7.41. The molecule has 6 nitrogen and oxygen atoms in total. The number of aromatic nitrogens is 2. The van der Waals surface area contributed by atoms with Crippen LogP contribution in [0.5, 0.6) is 0 Å². The molecule has 1 aromatic heterocycles. The molecule has 2 aromatic carbocycles. The molecule has 0 aliphatic heterocycles. The Bertz CT molecular complexity index is 1090. The number of esters is 1. The summed E-state index contributed by atoms with van der Waals surface area (Å²) >= 11 is 0. The second-order valence-electron chi connectivity index (χ2n) is 7.44. The van der Waals surface area contributed by atoms with Crippen molar-refractivity contribution in [1.29, 1.82) is 0 Å². The number of benzene rings is 2. The summed E-state index contributed by atoms with van der Waals surface area (Å²) < 4.78 is 21.0. The highest BCUT2D eigenvalue weighted by Gasteiger charge is 2.29. The van der Waals surface area contributed by atoms with E-state index in [4.69, 9.17) is 4.74 Å². The van der Waals surface area contributed by atoms with Gasteiger partial charge in [0, 0.05) is 11.3 Å². The summed E-state index contributed by atoms with van der Waals surface area (Å²) in [7, 11) is 0. The first-order valence-corrected chi connectivity index (χ1v) is 10.5. The van der Waals surface area contributed by atoms with E-state index in [-0.39, 0.29) is 24.6 Å². The van der Waals surface area contributed by atoms with Gasteiger partial charge in [-0.15, -0.1) is 0 Å². The van der Waals surface area contributed by atoms with Crippen molar-refractivity contribution < 1.29 is 18.7 Å². The minimum atomic E-state index is -0.552. The highest BCUT2D eigenvalue weighted by atomic mass is 19.1. The normalized spacial score (nSPS) is 13.5. The number of ether oxygens (including phenoxy) is 1. The number of carbonyl (C=O) groups excluding carboxylic acids is 2. The van der Waals surface area contributed by atoms with Gasteiger partial charge >= 0.3 is 5.97 Å². The van der Waals surface area contributed by atoms with Gasteiger partial charge < -0.3 is 10.1 Å². The van der Waals surface area contributed by atoms with E-state index in [1.807, 2.05) is 30.3 Å². The third-order valence-corrected chi connectivity index (χ3v) is 5.41. The molecule has 3 aromatic rings. The Hall–Kier alpha value is -3.48. The van der Waals surface area contributed by atoms with Gasteiger partial charge in [-0.2, -0.15) is 5.10 Å². The second-order valence-corrected chi connectivity index (χ2v) is 7.44. The van der Waals surface area contributed by atoms with E-state index in [2.05, 4.69) is 10.4 Å². The predicted octanol–water partition coefficient (Wildman–Crippen LogP) is 3.92. The smallest absolute Gasteiger partial charge is 0.308 e. The molecule has 0 bridgehead atoms. The lowest BCUT2D eigenvalue weighted by atomic mass is 10.0. The lowest BCUT2D eigenvalue weighted by molar-refractivity contribution is -0.143.